The minimum Gasteiger partial charge on any atom is -0.379 e. The number of carbonyl (C=O) groups is 1. The number of aromatic amines is 1. The normalized spacial score (nSPS) is 14.9. The first kappa shape index (κ1) is 19.4. The predicted molar refractivity (Wildman–Crippen MR) is 116 cm³/mol. The van der Waals surface area contributed by atoms with Gasteiger partial charge in [-0.1, -0.05) is 6.07 Å². The van der Waals surface area contributed by atoms with Gasteiger partial charge in [0.15, 0.2) is 0 Å². The van der Waals surface area contributed by atoms with Crippen molar-refractivity contribution in [3.8, 4) is 0 Å². The minimum atomic E-state index is -0.499. The number of pyridine rings is 1. The highest BCUT2D eigenvalue weighted by Crippen LogP contribution is 2.19. The molecule has 3 aromatic heterocycles. The Morgan fingerprint density at radius 2 is 2.10 bits per heavy atom. The van der Waals surface area contributed by atoms with Gasteiger partial charge < -0.3 is 15.0 Å². The molecule has 0 saturated carbocycles. The number of benzene rings is 1. The molecule has 0 spiro atoms. The van der Waals surface area contributed by atoms with E-state index in [1.54, 1.807) is 18.3 Å². The number of amides is 1. The van der Waals surface area contributed by atoms with E-state index in [2.05, 4.69) is 25.2 Å². The highest BCUT2D eigenvalue weighted by atomic mass is 16.5. The van der Waals surface area contributed by atoms with Gasteiger partial charge in [-0.2, -0.15) is 0 Å². The highest BCUT2D eigenvalue weighted by molar-refractivity contribution is 6.04. The Morgan fingerprint density at radius 1 is 1.26 bits per heavy atom. The highest BCUT2D eigenvalue weighted by Gasteiger charge is 2.16. The average Bonchev–Trinajstić information content (AvgIpc) is 3.16. The van der Waals surface area contributed by atoms with Crippen LogP contribution < -0.4 is 10.9 Å². The Bertz CT molecular complexity index is 1340. The molecule has 4 aromatic rings. The number of H-pyrrole nitrogens is 1. The van der Waals surface area contributed by atoms with Crippen molar-refractivity contribution in [2.24, 2.45) is 0 Å². The van der Waals surface area contributed by atoms with Crippen LogP contribution >= 0.6 is 0 Å². The van der Waals surface area contributed by atoms with Gasteiger partial charge in [-0.3, -0.25) is 18.9 Å². The van der Waals surface area contributed by atoms with E-state index in [0.717, 1.165) is 55.3 Å². The number of hydrogen-bond acceptors (Lipinski definition) is 6. The van der Waals surface area contributed by atoms with Crippen LogP contribution in [0.5, 0.6) is 0 Å². The SMILES string of the molecule is Cc1cccn2c(=O)c(C(=O)Nc3ccc4nc(CN5CCOCC5)[nH]c4c3)cnc12. The zero-order valence-electron chi connectivity index (χ0n) is 17.1. The lowest BCUT2D eigenvalue weighted by molar-refractivity contribution is 0.0332. The summed E-state index contributed by atoms with van der Waals surface area (Å²) in [5, 5.41) is 2.79. The fraction of sp³-hybridized carbons (Fsp3) is 0.273. The molecule has 0 aliphatic carbocycles. The van der Waals surface area contributed by atoms with Gasteiger partial charge in [0.25, 0.3) is 11.5 Å². The number of aryl methyl sites for hydroxylation is 1. The molecule has 0 radical (unpaired) electrons. The molecule has 0 bridgehead atoms. The summed E-state index contributed by atoms with van der Waals surface area (Å²) in [5.41, 5.74) is 3.21. The van der Waals surface area contributed by atoms with Gasteiger partial charge in [0.1, 0.15) is 17.0 Å². The van der Waals surface area contributed by atoms with Crippen molar-refractivity contribution in [2.75, 3.05) is 31.6 Å². The van der Waals surface area contributed by atoms with Crippen LogP contribution in [0.4, 0.5) is 5.69 Å². The van der Waals surface area contributed by atoms with Crippen LogP contribution in [0.25, 0.3) is 16.7 Å². The number of imidazole rings is 1. The molecule has 0 atom stereocenters. The third-order valence-electron chi connectivity index (χ3n) is 5.44. The second-order valence-electron chi connectivity index (χ2n) is 7.62. The molecule has 1 saturated heterocycles. The van der Waals surface area contributed by atoms with Gasteiger partial charge in [-0.05, 0) is 36.8 Å². The number of rotatable bonds is 4. The van der Waals surface area contributed by atoms with Crippen LogP contribution in [0.15, 0.2) is 47.5 Å². The molecule has 9 heteroatoms. The zero-order chi connectivity index (χ0) is 21.4. The largest absolute Gasteiger partial charge is 0.379 e. The second kappa shape index (κ2) is 7.93. The molecular weight excluding hydrogens is 396 g/mol. The number of anilines is 1. The Labute approximate surface area is 177 Å². The number of ether oxygens (including phenoxy) is 1. The molecule has 158 valence electrons. The lowest BCUT2D eigenvalue weighted by Gasteiger charge is -2.25. The smallest absolute Gasteiger partial charge is 0.270 e. The molecular formula is C22H22N6O3. The van der Waals surface area contributed by atoms with Crippen LogP contribution in [0.3, 0.4) is 0 Å². The molecule has 1 aliphatic heterocycles. The van der Waals surface area contributed by atoms with Gasteiger partial charge >= 0.3 is 0 Å². The monoisotopic (exact) mass is 418 g/mol. The maximum Gasteiger partial charge on any atom is 0.270 e. The summed E-state index contributed by atoms with van der Waals surface area (Å²) in [6, 6.07) is 9.07. The van der Waals surface area contributed by atoms with E-state index < -0.39 is 11.5 Å². The molecule has 1 aliphatic rings. The van der Waals surface area contributed by atoms with Gasteiger partial charge in [0.05, 0.1) is 30.8 Å². The quantitative estimate of drug-likeness (QED) is 0.525. The van der Waals surface area contributed by atoms with Gasteiger partial charge in [0, 0.05) is 31.2 Å². The van der Waals surface area contributed by atoms with Crippen LogP contribution in [0, 0.1) is 6.92 Å². The second-order valence-corrected chi connectivity index (χ2v) is 7.62. The molecule has 31 heavy (non-hydrogen) atoms. The number of nitrogens with zero attached hydrogens (tertiary/aromatic N) is 4. The topological polar surface area (TPSA) is 105 Å². The van der Waals surface area contributed by atoms with E-state index in [1.807, 2.05) is 25.1 Å². The van der Waals surface area contributed by atoms with E-state index in [4.69, 9.17) is 4.74 Å². The third kappa shape index (κ3) is 3.80. The van der Waals surface area contributed by atoms with Crippen molar-refractivity contribution in [2.45, 2.75) is 13.5 Å². The van der Waals surface area contributed by atoms with E-state index in [0.29, 0.717) is 11.3 Å². The van der Waals surface area contributed by atoms with Crippen LogP contribution in [-0.4, -0.2) is 56.5 Å². The summed E-state index contributed by atoms with van der Waals surface area (Å²) in [6.45, 7) is 5.83. The van der Waals surface area contributed by atoms with Crippen molar-refractivity contribution >= 4 is 28.3 Å². The van der Waals surface area contributed by atoms with Crippen molar-refractivity contribution in [3.05, 3.63) is 70.0 Å². The maximum absolute atomic E-state index is 12.8. The summed E-state index contributed by atoms with van der Waals surface area (Å²) in [6.07, 6.45) is 2.94. The summed E-state index contributed by atoms with van der Waals surface area (Å²) in [5.74, 6) is 0.369. The van der Waals surface area contributed by atoms with Gasteiger partial charge in [-0.15, -0.1) is 0 Å². The Kier molecular flexibility index (Phi) is 4.97. The zero-order valence-corrected chi connectivity index (χ0v) is 17.1. The van der Waals surface area contributed by atoms with E-state index >= 15 is 0 Å². The van der Waals surface area contributed by atoms with Crippen molar-refractivity contribution in [3.63, 3.8) is 0 Å². The van der Waals surface area contributed by atoms with Crippen molar-refractivity contribution < 1.29 is 9.53 Å². The molecule has 1 aromatic carbocycles. The number of carbonyl (C=O) groups excluding carboxylic acids is 1. The lowest BCUT2D eigenvalue weighted by atomic mass is 10.2. The Balaban J connectivity index is 1.37. The van der Waals surface area contributed by atoms with Gasteiger partial charge in [-0.25, -0.2) is 9.97 Å². The van der Waals surface area contributed by atoms with Crippen LogP contribution in [0.1, 0.15) is 21.7 Å². The molecule has 2 N–H and O–H groups in total. The van der Waals surface area contributed by atoms with E-state index in [9.17, 15) is 9.59 Å². The first-order valence-corrected chi connectivity index (χ1v) is 10.2. The van der Waals surface area contributed by atoms with Crippen molar-refractivity contribution in [1.29, 1.82) is 0 Å². The summed E-state index contributed by atoms with van der Waals surface area (Å²) < 4.78 is 6.77. The standard InChI is InChI=1S/C22H22N6O3/c1-14-3-2-6-28-20(14)23-12-16(22(28)30)21(29)24-15-4-5-17-18(11-15)26-19(25-17)13-27-7-9-31-10-8-27/h2-6,11-12H,7-10,13H2,1H3,(H,24,29)(H,25,26). The number of nitrogens with one attached hydrogen (secondary N) is 2. The summed E-state index contributed by atoms with van der Waals surface area (Å²) >= 11 is 0. The fourth-order valence-corrected chi connectivity index (χ4v) is 3.79. The molecule has 4 heterocycles. The van der Waals surface area contributed by atoms with Gasteiger partial charge in [0.2, 0.25) is 0 Å². The van der Waals surface area contributed by atoms with E-state index in [1.165, 1.54) is 10.6 Å². The molecule has 1 fully saturated rings. The minimum absolute atomic E-state index is 0.0131. The van der Waals surface area contributed by atoms with Crippen LogP contribution in [-0.2, 0) is 11.3 Å². The number of fused-ring (bicyclic) bond motifs is 2. The maximum atomic E-state index is 12.8. The summed E-state index contributed by atoms with van der Waals surface area (Å²) in [4.78, 5) is 40.0. The number of aromatic nitrogens is 4. The number of morpholine rings is 1. The summed E-state index contributed by atoms with van der Waals surface area (Å²) in [7, 11) is 0. The molecule has 0 unspecified atom stereocenters. The third-order valence-corrected chi connectivity index (χ3v) is 5.44. The van der Waals surface area contributed by atoms with Crippen LogP contribution in [0.2, 0.25) is 0 Å². The fourth-order valence-electron chi connectivity index (χ4n) is 3.79. The predicted octanol–water partition coefficient (Wildman–Crippen LogP) is 1.96. The Hall–Kier alpha value is -3.56. The molecule has 5 rings (SSSR count). The molecule has 9 nitrogen and oxygen atoms in total. The molecule has 1 amide bonds. The van der Waals surface area contributed by atoms with Crippen molar-refractivity contribution in [1.82, 2.24) is 24.3 Å². The lowest BCUT2D eigenvalue weighted by Crippen LogP contribution is -2.35. The van der Waals surface area contributed by atoms with E-state index in [-0.39, 0.29) is 5.56 Å². The Morgan fingerprint density at radius 3 is 2.94 bits per heavy atom. The first-order valence-electron chi connectivity index (χ1n) is 10.2. The first-order chi connectivity index (χ1) is 15.1. The number of hydrogen-bond donors (Lipinski definition) is 2. The average molecular weight is 418 g/mol.